The molecule has 0 bridgehead atoms. The summed E-state index contributed by atoms with van der Waals surface area (Å²) in [5, 5.41) is 12.5. The Bertz CT molecular complexity index is 1160. The molecule has 10 heteroatoms. The van der Waals surface area contributed by atoms with Crippen molar-refractivity contribution < 1.29 is 36.7 Å². The first-order chi connectivity index (χ1) is 17.0. The van der Waals surface area contributed by atoms with Gasteiger partial charge in [-0.25, -0.2) is 0 Å². The lowest BCUT2D eigenvalue weighted by molar-refractivity contribution is -0.178. The average molecular weight is 521 g/mol. The van der Waals surface area contributed by atoms with Crippen LogP contribution in [0.2, 0.25) is 10.0 Å². The Balaban J connectivity index is 2.01. The Morgan fingerprint density at radius 2 is 1.76 bits per heavy atom. The predicted molar refractivity (Wildman–Crippen MR) is 123 cm³/mol. The molecule has 1 unspecified atom stereocenters. The number of halogens is 5. The molecule has 3 atom stereocenters. The molecule has 3 rings (SSSR count). The van der Waals surface area contributed by atoms with E-state index < -0.39 is 48.4 Å². The van der Waals surface area contributed by atoms with E-state index in [0.29, 0.717) is 6.42 Å². The van der Waals surface area contributed by atoms with Gasteiger partial charge in [0.2, 0.25) is 5.91 Å². The third-order valence-corrected chi connectivity index (χ3v) is 6.95. The molecule has 0 radical (unpaired) electrons. The van der Waals surface area contributed by atoms with E-state index in [9.17, 15) is 27.9 Å². The standard InChI is InChI=1S/C24H24Cl2F3NO4/c1-13(24(27,28)29)19(14-4-7-16(25)8-5-14)21(31)30-18-12-15(6-9-17(18)26)20(34-2)23(22(32)33)10-3-11-23/h4-9,12-13,19-20H,3,10-11H2,1-2H3,(H,30,31)(H,32,33)/t13-,19+,20?/m1/s1/i2D3. The summed E-state index contributed by atoms with van der Waals surface area (Å²) in [6.45, 7) is 0.879. The van der Waals surface area contributed by atoms with Crippen molar-refractivity contribution in [2.75, 3.05) is 12.4 Å². The van der Waals surface area contributed by atoms with Crippen molar-refractivity contribution in [2.45, 2.75) is 44.4 Å². The normalized spacial score (nSPS) is 19.5. The lowest BCUT2D eigenvalue weighted by atomic mass is 9.63. The number of methoxy groups -OCH3 is 1. The van der Waals surface area contributed by atoms with Crippen LogP contribution in [0.1, 0.15) is 53.4 Å². The molecule has 1 aliphatic rings. The van der Waals surface area contributed by atoms with E-state index in [0.717, 1.165) is 6.92 Å². The Kier molecular flexibility index (Phi) is 6.62. The molecule has 0 aliphatic heterocycles. The molecule has 2 N–H and O–H groups in total. The number of aliphatic carboxylic acids is 1. The number of carboxylic acids is 1. The predicted octanol–water partition coefficient (Wildman–Crippen LogP) is 6.86. The smallest absolute Gasteiger partial charge is 0.392 e. The zero-order valence-electron chi connectivity index (χ0n) is 21.0. The maximum absolute atomic E-state index is 13.7. The fourth-order valence-electron chi connectivity index (χ4n) is 4.18. The minimum atomic E-state index is -4.70. The molecule has 1 fully saturated rings. The Labute approximate surface area is 209 Å². The number of rotatable bonds is 8. The molecule has 2 aromatic carbocycles. The number of carboxylic acid groups (broad SMARTS) is 1. The first-order valence-corrected chi connectivity index (χ1v) is 11.1. The van der Waals surface area contributed by atoms with Crippen molar-refractivity contribution in [1.82, 2.24) is 0 Å². The number of ether oxygens (including phenoxy) is 1. The molecule has 0 spiro atoms. The van der Waals surface area contributed by atoms with E-state index in [1.807, 2.05) is 0 Å². The number of amides is 1. The summed E-state index contributed by atoms with van der Waals surface area (Å²) in [4.78, 5) is 25.3. The van der Waals surface area contributed by atoms with Crippen LogP contribution in [0.15, 0.2) is 42.5 Å². The molecule has 1 amide bonds. The lowest BCUT2D eigenvalue weighted by Gasteiger charge is -2.43. The van der Waals surface area contributed by atoms with E-state index in [-0.39, 0.29) is 39.7 Å². The van der Waals surface area contributed by atoms with Crippen LogP contribution in [-0.4, -0.2) is 30.2 Å². The first kappa shape index (κ1) is 22.2. The van der Waals surface area contributed by atoms with Crippen LogP contribution in [-0.2, 0) is 14.3 Å². The molecule has 0 saturated heterocycles. The Morgan fingerprint density at radius 1 is 1.15 bits per heavy atom. The molecule has 1 aliphatic carbocycles. The monoisotopic (exact) mass is 520 g/mol. The number of carbonyl (C=O) groups is 2. The van der Waals surface area contributed by atoms with Gasteiger partial charge in [-0.05, 0) is 48.2 Å². The zero-order chi connectivity index (χ0) is 27.8. The number of hydrogen-bond acceptors (Lipinski definition) is 3. The summed E-state index contributed by atoms with van der Waals surface area (Å²) in [5.74, 6) is -6.00. The van der Waals surface area contributed by atoms with E-state index in [4.69, 9.17) is 32.1 Å². The number of hydrogen-bond donors (Lipinski definition) is 2. The maximum atomic E-state index is 13.7. The minimum Gasteiger partial charge on any atom is -0.481 e. The molecule has 184 valence electrons. The largest absolute Gasteiger partial charge is 0.481 e. The second-order valence-electron chi connectivity index (χ2n) is 8.40. The van der Waals surface area contributed by atoms with Gasteiger partial charge in [-0.15, -0.1) is 0 Å². The van der Waals surface area contributed by atoms with Crippen LogP contribution in [0, 0.1) is 11.3 Å². The first-order valence-electron chi connectivity index (χ1n) is 11.9. The quantitative estimate of drug-likeness (QED) is 0.398. The van der Waals surface area contributed by atoms with E-state index in [1.54, 1.807) is 0 Å². The van der Waals surface area contributed by atoms with Crippen LogP contribution < -0.4 is 5.32 Å². The molecular weight excluding hydrogens is 494 g/mol. The molecule has 0 aromatic heterocycles. The summed E-state index contributed by atoms with van der Waals surface area (Å²) < 4.78 is 68.8. The van der Waals surface area contributed by atoms with Crippen LogP contribution >= 0.6 is 23.2 Å². The van der Waals surface area contributed by atoms with Crippen molar-refractivity contribution in [3.05, 3.63) is 63.6 Å². The number of benzene rings is 2. The van der Waals surface area contributed by atoms with Crippen LogP contribution in [0.5, 0.6) is 0 Å². The second kappa shape index (κ2) is 10.1. The minimum absolute atomic E-state index is 0.0442. The summed E-state index contributed by atoms with van der Waals surface area (Å²) >= 11 is 12.1. The SMILES string of the molecule is [2H]C([2H])([2H])OC(c1ccc(Cl)c(NC(=O)[C@H](c2ccc(Cl)cc2)[C@@H](C)C(F)(F)F)c1)C1(C(=O)O)CCC1. The van der Waals surface area contributed by atoms with Gasteiger partial charge in [0.05, 0.1) is 38.2 Å². The molecular formula is C24H24Cl2F3NO4. The van der Waals surface area contributed by atoms with Gasteiger partial charge in [-0.3, -0.25) is 9.59 Å². The summed E-state index contributed by atoms with van der Waals surface area (Å²) in [6.07, 6.45) is -5.25. The highest BCUT2D eigenvalue weighted by atomic mass is 35.5. The van der Waals surface area contributed by atoms with Crippen molar-refractivity contribution in [1.29, 1.82) is 0 Å². The number of anilines is 1. The second-order valence-corrected chi connectivity index (χ2v) is 9.24. The summed E-state index contributed by atoms with van der Waals surface area (Å²) in [6, 6.07) is 9.27. The van der Waals surface area contributed by atoms with Crippen LogP contribution in [0.25, 0.3) is 0 Å². The van der Waals surface area contributed by atoms with Gasteiger partial charge in [-0.1, -0.05) is 54.7 Å². The molecule has 1 saturated carbocycles. The highest BCUT2D eigenvalue weighted by Gasteiger charge is 2.52. The van der Waals surface area contributed by atoms with E-state index in [1.165, 1.54) is 42.5 Å². The lowest BCUT2D eigenvalue weighted by Crippen LogP contribution is -2.44. The zero-order valence-corrected chi connectivity index (χ0v) is 19.5. The van der Waals surface area contributed by atoms with Gasteiger partial charge in [0.15, 0.2) is 0 Å². The third kappa shape index (κ3) is 5.19. The molecule has 0 heterocycles. The average Bonchev–Trinajstić information content (AvgIpc) is 2.73. The van der Waals surface area contributed by atoms with E-state index in [2.05, 4.69) is 5.32 Å². The Morgan fingerprint density at radius 3 is 2.26 bits per heavy atom. The van der Waals surface area contributed by atoms with Gasteiger partial charge in [0.25, 0.3) is 0 Å². The van der Waals surface area contributed by atoms with Gasteiger partial charge in [0.1, 0.15) is 0 Å². The summed E-state index contributed by atoms with van der Waals surface area (Å²) in [7, 11) is -2.94. The maximum Gasteiger partial charge on any atom is 0.392 e. The van der Waals surface area contributed by atoms with Crippen molar-refractivity contribution in [3.8, 4) is 0 Å². The highest BCUT2D eigenvalue weighted by Crippen LogP contribution is 2.52. The third-order valence-electron chi connectivity index (χ3n) is 6.37. The topological polar surface area (TPSA) is 75.6 Å². The van der Waals surface area contributed by atoms with Crippen molar-refractivity contribution >= 4 is 40.8 Å². The van der Waals surface area contributed by atoms with Crippen molar-refractivity contribution in [2.24, 2.45) is 11.3 Å². The molecule has 2 aromatic rings. The number of carbonyl (C=O) groups excluding carboxylic acids is 1. The number of alkyl halides is 3. The molecule has 34 heavy (non-hydrogen) atoms. The van der Waals surface area contributed by atoms with Crippen molar-refractivity contribution in [3.63, 3.8) is 0 Å². The van der Waals surface area contributed by atoms with Gasteiger partial charge in [0, 0.05) is 12.1 Å². The molecule has 5 nitrogen and oxygen atoms in total. The van der Waals surface area contributed by atoms with Gasteiger partial charge in [-0.2, -0.15) is 13.2 Å². The summed E-state index contributed by atoms with van der Waals surface area (Å²) in [5.41, 5.74) is -1.46. The van der Waals surface area contributed by atoms with E-state index >= 15 is 0 Å². The van der Waals surface area contributed by atoms with Crippen LogP contribution in [0.4, 0.5) is 18.9 Å². The fraction of sp³-hybridized carbons (Fsp3) is 0.417. The number of nitrogens with one attached hydrogen (secondary N) is 1. The Hall–Kier alpha value is -2.29. The van der Waals surface area contributed by atoms with Gasteiger partial charge >= 0.3 is 12.1 Å². The fourth-order valence-corrected chi connectivity index (χ4v) is 4.47. The van der Waals surface area contributed by atoms with Gasteiger partial charge < -0.3 is 15.2 Å². The highest BCUT2D eigenvalue weighted by molar-refractivity contribution is 6.33. The van der Waals surface area contributed by atoms with Crippen LogP contribution in [0.3, 0.4) is 0 Å².